The van der Waals surface area contributed by atoms with Gasteiger partial charge >= 0.3 is 0 Å². The molecule has 2 aromatic carbocycles. The summed E-state index contributed by atoms with van der Waals surface area (Å²) in [6, 6.07) is 16.9. The predicted molar refractivity (Wildman–Crippen MR) is 81.3 cm³/mol. The van der Waals surface area contributed by atoms with Crippen molar-refractivity contribution in [2.75, 3.05) is 0 Å². The molecule has 0 saturated carbocycles. The SMILES string of the molecule is C#CC(Sc1ccccc1)[C@H](O)c1ccc(Cl)cc1. The van der Waals surface area contributed by atoms with Gasteiger partial charge in [0.15, 0.2) is 0 Å². The van der Waals surface area contributed by atoms with Gasteiger partial charge in [0.25, 0.3) is 0 Å². The Morgan fingerprint density at radius 1 is 1.05 bits per heavy atom. The van der Waals surface area contributed by atoms with Gasteiger partial charge in [0, 0.05) is 9.92 Å². The molecule has 0 bridgehead atoms. The minimum absolute atomic E-state index is 0.330. The second-order valence-electron chi connectivity index (χ2n) is 4.01. The van der Waals surface area contributed by atoms with Gasteiger partial charge < -0.3 is 5.11 Å². The van der Waals surface area contributed by atoms with Gasteiger partial charge in [0.05, 0.1) is 0 Å². The number of thioether (sulfide) groups is 1. The molecule has 0 aromatic heterocycles. The van der Waals surface area contributed by atoms with E-state index in [1.165, 1.54) is 11.8 Å². The molecule has 0 saturated heterocycles. The number of benzene rings is 2. The second-order valence-corrected chi connectivity index (χ2v) is 5.67. The number of hydrogen-bond donors (Lipinski definition) is 1. The third-order valence-electron chi connectivity index (χ3n) is 2.67. The molecule has 0 aliphatic carbocycles. The summed E-state index contributed by atoms with van der Waals surface area (Å²) < 4.78 is 0. The lowest BCUT2D eigenvalue weighted by Gasteiger charge is -2.18. The Morgan fingerprint density at radius 2 is 1.68 bits per heavy atom. The number of rotatable bonds is 4. The average Bonchev–Trinajstić information content (AvgIpc) is 2.46. The molecule has 0 radical (unpaired) electrons. The summed E-state index contributed by atoms with van der Waals surface area (Å²) in [6.45, 7) is 0. The Labute approximate surface area is 122 Å². The van der Waals surface area contributed by atoms with E-state index in [9.17, 15) is 5.11 Å². The molecule has 0 aliphatic heterocycles. The molecule has 0 amide bonds. The molecule has 2 aromatic rings. The molecule has 0 aliphatic rings. The van der Waals surface area contributed by atoms with Crippen molar-refractivity contribution in [2.24, 2.45) is 0 Å². The van der Waals surface area contributed by atoms with Gasteiger partial charge in [-0.3, -0.25) is 0 Å². The van der Waals surface area contributed by atoms with Crippen LogP contribution in [-0.4, -0.2) is 10.4 Å². The quantitative estimate of drug-likeness (QED) is 0.673. The highest BCUT2D eigenvalue weighted by Crippen LogP contribution is 2.32. The first kappa shape index (κ1) is 14.0. The number of aliphatic hydroxyl groups is 1. The zero-order valence-corrected chi connectivity index (χ0v) is 11.7. The van der Waals surface area contributed by atoms with Gasteiger partial charge in [-0.05, 0) is 29.8 Å². The zero-order valence-electron chi connectivity index (χ0n) is 10.2. The maximum absolute atomic E-state index is 10.3. The van der Waals surface area contributed by atoms with Crippen molar-refractivity contribution < 1.29 is 5.11 Å². The molecule has 3 heteroatoms. The molecule has 0 heterocycles. The lowest BCUT2D eigenvalue weighted by atomic mass is 10.1. The monoisotopic (exact) mass is 288 g/mol. The zero-order chi connectivity index (χ0) is 13.7. The van der Waals surface area contributed by atoms with Crippen molar-refractivity contribution in [1.29, 1.82) is 0 Å². The number of terminal acetylenes is 1. The Kier molecular flexibility index (Phi) is 4.93. The molecule has 19 heavy (non-hydrogen) atoms. The number of halogens is 1. The lowest BCUT2D eigenvalue weighted by molar-refractivity contribution is 0.189. The minimum atomic E-state index is -0.715. The summed E-state index contributed by atoms with van der Waals surface area (Å²) in [5.74, 6) is 2.64. The van der Waals surface area contributed by atoms with Gasteiger partial charge in [-0.1, -0.05) is 47.9 Å². The molecule has 2 rings (SSSR count). The van der Waals surface area contributed by atoms with E-state index < -0.39 is 6.10 Å². The van der Waals surface area contributed by atoms with Crippen LogP contribution in [0.1, 0.15) is 11.7 Å². The van der Waals surface area contributed by atoms with Crippen molar-refractivity contribution in [3.05, 3.63) is 65.2 Å². The highest BCUT2D eigenvalue weighted by atomic mass is 35.5. The Bertz CT molecular complexity index is 560. The second kappa shape index (κ2) is 6.68. The Hall–Kier alpha value is -1.40. The highest BCUT2D eigenvalue weighted by molar-refractivity contribution is 8.00. The Morgan fingerprint density at radius 3 is 2.26 bits per heavy atom. The maximum Gasteiger partial charge on any atom is 0.102 e. The molecule has 2 atom stereocenters. The van der Waals surface area contributed by atoms with Crippen molar-refractivity contribution >= 4 is 23.4 Å². The summed E-state index contributed by atoms with van der Waals surface area (Å²) in [5.41, 5.74) is 0.774. The molecule has 1 nitrogen and oxygen atoms in total. The van der Waals surface area contributed by atoms with Crippen LogP contribution < -0.4 is 0 Å². The van der Waals surface area contributed by atoms with Crippen LogP contribution in [0, 0.1) is 12.3 Å². The van der Waals surface area contributed by atoms with Gasteiger partial charge in [-0.2, -0.15) is 0 Å². The van der Waals surface area contributed by atoms with Crippen LogP contribution in [-0.2, 0) is 0 Å². The van der Waals surface area contributed by atoms with Crippen LogP contribution >= 0.6 is 23.4 Å². The van der Waals surface area contributed by atoms with Crippen LogP contribution in [0.2, 0.25) is 5.02 Å². The lowest BCUT2D eigenvalue weighted by Crippen LogP contribution is -2.12. The summed E-state index contributed by atoms with van der Waals surface area (Å²) in [4.78, 5) is 1.04. The largest absolute Gasteiger partial charge is 0.386 e. The molecule has 96 valence electrons. The van der Waals surface area contributed by atoms with Crippen molar-refractivity contribution in [1.82, 2.24) is 0 Å². The van der Waals surface area contributed by atoms with Crippen molar-refractivity contribution in [3.63, 3.8) is 0 Å². The first-order valence-corrected chi connectivity index (χ1v) is 7.08. The van der Waals surface area contributed by atoms with E-state index in [1.807, 2.05) is 30.3 Å². The molecule has 1 N–H and O–H groups in total. The summed E-state index contributed by atoms with van der Waals surface area (Å²) >= 11 is 7.31. The standard InChI is InChI=1S/C16H13ClOS/c1-2-15(19-14-6-4-3-5-7-14)16(18)12-8-10-13(17)11-9-12/h1,3-11,15-16,18H/t15?,16-/m1/s1. The van der Waals surface area contributed by atoms with E-state index in [0.29, 0.717) is 5.02 Å². The average molecular weight is 289 g/mol. The van der Waals surface area contributed by atoms with Crippen LogP contribution in [0.15, 0.2) is 59.5 Å². The molecular formula is C16H13ClOS. The van der Waals surface area contributed by atoms with Crippen molar-refractivity contribution in [3.8, 4) is 12.3 Å². The fraction of sp³-hybridized carbons (Fsp3) is 0.125. The summed E-state index contributed by atoms with van der Waals surface area (Å²) in [6.07, 6.45) is 4.82. The first-order valence-electron chi connectivity index (χ1n) is 5.82. The molecule has 0 spiro atoms. The van der Waals surface area contributed by atoms with Gasteiger partial charge in [0.2, 0.25) is 0 Å². The Balaban J connectivity index is 2.14. The van der Waals surface area contributed by atoms with E-state index in [-0.39, 0.29) is 5.25 Å². The topological polar surface area (TPSA) is 20.2 Å². The van der Waals surface area contributed by atoms with Gasteiger partial charge in [-0.15, -0.1) is 18.2 Å². The number of aliphatic hydroxyl groups excluding tert-OH is 1. The fourth-order valence-electron chi connectivity index (χ4n) is 1.67. The van der Waals surface area contributed by atoms with Gasteiger partial charge in [0.1, 0.15) is 11.4 Å². The van der Waals surface area contributed by atoms with Crippen molar-refractivity contribution in [2.45, 2.75) is 16.2 Å². The first-order chi connectivity index (χ1) is 9.20. The van der Waals surface area contributed by atoms with Crippen LogP contribution in [0.25, 0.3) is 0 Å². The van der Waals surface area contributed by atoms with E-state index in [2.05, 4.69) is 5.92 Å². The normalized spacial score (nSPS) is 13.5. The minimum Gasteiger partial charge on any atom is -0.386 e. The van der Waals surface area contributed by atoms with E-state index >= 15 is 0 Å². The van der Waals surface area contributed by atoms with Crippen LogP contribution in [0.5, 0.6) is 0 Å². The highest BCUT2D eigenvalue weighted by Gasteiger charge is 2.19. The fourth-order valence-corrected chi connectivity index (χ4v) is 2.76. The smallest absolute Gasteiger partial charge is 0.102 e. The summed E-state index contributed by atoms with van der Waals surface area (Å²) in [7, 11) is 0. The molecule has 0 fully saturated rings. The maximum atomic E-state index is 10.3. The third kappa shape index (κ3) is 3.78. The number of hydrogen-bond acceptors (Lipinski definition) is 2. The predicted octanol–water partition coefficient (Wildman–Crippen LogP) is 4.17. The van der Waals surface area contributed by atoms with Crippen LogP contribution in [0.4, 0.5) is 0 Å². The van der Waals surface area contributed by atoms with Crippen LogP contribution in [0.3, 0.4) is 0 Å². The molecular weight excluding hydrogens is 276 g/mol. The summed E-state index contributed by atoms with van der Waals surface area (Å²) in [5, 5.41) is 10.6. The van der Waals surface area contributed by atoms with E-state index in [1.54, 1.807) is 24.3 Å². The van der Waals surface area contributed by atoms with Gasteiger partial charge in [-0.25, -0.2) is 0 Å². The van der Waals surface area contributed by atoms with E-state index in [4.69, 9.17) is 18.0 Å². The molecule has 1 unspecified atom stereocenters. The van der Waals surface area contributed by atoms with E-state index in [0.717, 1.165) is 10.5 Å². The third-order valence-corrected chi connectivity index (χ3v) is 4.11.